The Morgan fingerprint density at radius 1 is 1.21 bits per heavy atom. The van der Waals surface area contributed by atoms with Gasteiger partial charge < -0.3 is 0 Å². The van der Waals surface area contributed by atoms with Crippen LogP contribution in [0.15, 0.2) is 22.5 Å². The summed E-state index contributed by atoms with van der Waals surface area (Å²) in [5.41, 5.74) is 1.66. The normalized spacial score (nSPS) is 31.8. The van der Waals surface area contributed by atoms with Gasteiger partial charge in [0.15, 0.2) is 0 Å². The topological polar surface area (TPSA) is 3.24 Å². The Kier molecular flexibility index (Phi) is 5.19. The van der Waals surface area contributed by atoms with E-state index in [-0.39, 0.29) is 0 Å². The van der Waals surface area contributed by atoms with Gasteiger partial charge in [-0.15, -0.1) is 10.2 Å². The second-order valence-corrected chi connectivity index (χ2v) is 10.0. The van der Waals surface area contributed by atoms with Gasteiger partial charge in [0.1, 0.15) is 0 Å². The third-order valence-corrected chi connectivity index (χ3v) is 8.15. The lowest BCUT2D eigenvalue weighted by Crippen LogP contribution is -2.19. The van der Waals surface area contributed by atoms with Crippen LogP contribution in [0, 0.1) is 11.8 Å². The molecule has 0 spiro atoms. The van der Waals surface area contributed by atoms with Gasteiger partial charge in [-0.25, -0.2) is 0 Å². The van der Waals surface area contributed by atoms with Crippen molar-refractivity contribution in [2.75, 3.05) is 19.8 Å². The summed E-state index contributed by atoms with van der Waals surface area (Å²) in [6.45, 7) is 4.68. The third-order valence-electron chi connectivity index (χ3n) is 4.61. The fourth-order valence-electron chi connectivity index (χ4n) is 3.14. The van der Waals surface area contributed by atoms with Crippen molar-refractivity contribution in [3.8, 4) is 0 Å². The highest BCUT2D eigenvalue weighted by atomic mass is 32.3. The SMILES string of the molecule is CC(C)CCS1(N(C)C)C=CC(C2CCCCC2)=C1. The fraction of sp³-hybridized carbons (Fsp3) is 0.765. The van der Waals surface area contributed by atoms with Crippen molar-refractivity contribution >= 4 is 10.2 Å². The molecule has 2 aliphatic rings. The molecule has 1 aliphatic carbocycles. The van der Waals surface area contributed by atoms with Crippen molar-refractivity contribution in [3.05, 3.63) is 22.5 Å². The molecular weight excluding hydrogens is 250 g/mol. The molecule has 1 saturated carbocycles. The largest absolute Gasteiger partial charge is 0.267 e. The lowest BCUT2D eigenvalue weighted by atomic mass is 9.84. The highest BCUT2D eigenvalue weighted by molar-refractivity contribution is 8.36. The Bertz CT molecular complexity index is 350. The molecule has 1 aliphatic heterocycles. The van der Waals surface area contributed by atoms with Crippen LogP contribution in [0.1, 0.15) is 52.4 Å². The van der Waals surface area contributed by atoms with Crippen molar-refractivity contribution in [2.24, 2.45) is 11.8 Å². The smallest absolute Gasteiger partial charge is 0.00339 e. The molecule has 19 heavy (non-hydrogen) atoms. The van der Waals surface area contributed by atoms with Gasteiger partial charge in [-0.2, -0.15) is 0 Å². The van der Waals surface area contributed by atoms with Crippen LogP contribution < -0.4 is 0 Å². The van der Waals surface area contributed by atoms with Crippen LogP contribution in [-0.4, -0.2) is 24.2 Å². The van der Waals surface area contributed by atoms with Crippen molar-refractivity contribution in [1.29, 1.82) is 0 Å². The van der Waals surface area contributed by atoms with Gasteiger partial charge in [0.05, 0.1) is 0 Å². The molecule has 0 bridgehead atoms. The summed E-state index contributed by atoms with van der Waals surface area (Å²) < 4.78 is 2.49. The molecule has 2 heteroatoms. The predicted octanol–water partition coefficient (Wildman–Crippen LogP) is 5.31. The van der Waals surface area contributed by atoms with Crippen LogP contribution in [0.4, 0.5) is 0 Å². The first-order valence-corrected chi connectivity index (χ1v) is 9.80. The maximum absolute atomic E-state index is 2.66. The summed E-state index contributed by atoms with van der Waals surface area (Å²) in [7, 11) is 3.75. The number of allylic oxidation sites excluding steroid dienone is 2. The summed E-state index contributed by atoms with van der Waals surface area (Å²) in [6, 6.07) is 0. The molecule has 110 valence electrons. The van der Waals surface area contributed by atoms with Crippen molar-refractivity contribution < 1.29 is 0 Å². The van der Waals surface area contributed by atoms with E-state index in [1.165, 1.54) is 44.3 Å². The molecule has 0 aromatic heterocycles. The molecule has 0 aromatic carbocycles. The van der Waals surface area contributed by atoms with Crippen LogP contribution in [-0.2, 0) is 0 Å². The Balaban J connectivity index is 2.09. The molecular formula is C17H31NS. The van der Waals surface area contributed by atoms with Crippen LogP contribution in [0.25, 0.3) is 0 Å². The Morgan fingerprint density at radius 2 is 1.89 bits per heavy atom. The van der Waals surface area contributed by atoms with Crippen molar-refractivity contribution in [2.45, 2.75) is 52.4 Å². The van der Waals surface area contributed by atoms with Crippen LogP contribution in [0.3, 0.4) is 0 Å². The zero-order valence-electron chi connectivity index (χ0n) is 13.2. The molecule has 0 saturated heterocycles. The first kappa shape index (κ1) is 15.2. The van der Waals surface area contributed by atoms with Gasteiger partial charge in [0, 0.05) is 0 Å². The minimum absolute atomic E-state index is 0.781. The summed E-state index contributed by atoms with van der Waals surface area (Å²) in [4.78, 5) is 0. The lowest BCUT2D eigenvalue weighted by molar-refractivity contribution is 0.409. The first-order chi connectivity index (χ1) is 9.03. The van der Waals surface area contributed by atoms with E-state index >= 15 is 0 Å². The standard InChI is InChI=1S/C17H31NS/c1-15(2)10-12-19(18(3)4)13-11-17(14-19)16-8-6-5-7-9-16/h11,13-16H,5-10,12H2,1-4H3. The van der Waals surface area contributed by atoms with Gasteiger partial charge in [-0.05, 0) is 67.3 Å². The summed E-state index contributed by atoms with van der Waals surface area (Å²) in [5, 5.41) is 5.20. The fourth-order valence-corrected chi connectivity index (χ4v) is 6.28. The van der Waals surface area contributed by atoms with E-state index in [1.807, 2.05) is 0 Å². The second-order valence-electron chi connectivity index (χ2n) is 6.76. The molecule has 1 fully saturated rings. The minimum Gasteiger partial charge on any atom is -0.267 e. The maximum atomic E-state index is 2.66. The average molecular weight is 282 g/mol. The lowest BCUT2D eigenvalue weighted by Gasteiger charge is -2.39. The monoisotopic (exact) mass is 281 g/mol. The highest BCUT2D eigenvalue weighted by Crippen LogP contribution is 2.59. The first-order valence-electron chi connectivity index (χ1n) is 7.92. The molecule has 0 amide bonds. The van der Waals surface area contributed by atoms with Gasteiger partial charge in [0.2, 0.25) is 0 Å². The summed E-state index contributed by atoms with van der Waals surface area (Å²) in [5.74, 6) is 3.01. The highest BCUT2D eigenvalue weighted by Gasteiger charge is 2.28. The molecule has 1 heterocycles. The predicted molar refractivity (Wildman–Crippen MR) is 89.4 cm³/mol. The molecule has 1 unspecified atom stereocenters. The van der Waals surface area contributed by atoms with Gasteiger partial charge in [0.25, 0.3) is 0 Å². The Labute approximate surface area is 121 Å². The van der Waals surface area contributed by atoms with Crippen molar-refractivity contribution in [1.82, 2.24) is 4.31 Å². The summed E-state index contributed by atoms with van der Waals surface area (Å²) >= 11 is 0. The average Bonchev–Trinajstić information content (AvgIpc) is 2.83. The molecule has 1 atom stereocenters. The number of rotatable bonds is 5. The maximum Gasteiger partial charge on any atom is -0.00339 e. The number of hydrogen-bond donors (Lipinski definition) is 0. The van der Waals surface area contributed by atoms with Crippen LogP contribution >= 0.6 is 10.2 Å². The zero-order valence-corrected chi connectivity index (χ0v) is 14.0. The van der Waals surface area contributed by atoms with E-state index in [0.29, 0.717) is 0 Å². The van der Waals surface area contributed by atoms with Crippen molar-refractivity contribution in [3.63, 3.8) is 0 Å². The van der Waals surface area contributed by atoms with E-state index in [2.05, 4.69) is 49.1 Å². The van der Waals surface area contributed by atoms with Crippen LogP contribution in [0.2, 0.25) is 0 Å². The molecule has 1 nitrogen and oxygen atoms in total. The Hall–Kier alpha value is -0.210. The third kappa shape index (κ3) is 3.66. The van der Waals surface area contributed by atoms with Gasteiger partial charge >= 0.3 is 0 Å². The van der Waals surface area contributed by atoms with E-state index in [1.54, 1.807) is 5.57 Å². The zero-order chi connectivity index (χ0) is 13.9. The Morgan fingerprint density at radius 3 is 2.47 bits per heavy atom. The van der Waals surface area contributed by atoms with Gasteiger partial charge in [-0.1, -0.05) is 39.2 Å². The second kappa shape index (κ2) is 6.49. The van der Waals surface area contributed by atoms with Gasteiger partial charge in [-0.3, -0.25) is 4.31 Å². The quantitative estimate of drug-likeness (QED) is 0.660. The van der Waals surface area contributed by atoms with E-state index in [0.717, 1.165) is 11.8 Å². The molecule has 0 N–H and O–H groups in total. The van der Waals surface area contributed by atoms with E-state index in [4.69, 9.17) is 0 Å². The summed E-state index contributed by atoms with van der Waals surface area (Å²) in [6.07, 6.45) is 11.0. The molecule has 0 aromatic rings. The minimum atomic E-state index is -0.781. The van der Waals surface area contributed by atoms with E-state index < -0.39 is 10.2 Å². The molecule has 0 radical (unpaired) electrons. The van der Waals surface area contributed by atoms with Crippen LogP contribution in [0.5, 0.6) is 0 Å². The van der Waals surface area contributed by atoms with E-state index in [9.17, 15) is 0 Å². The number of hydrogen-bond acceptors (Lipinski definition) is 1. The molecule has 2 rings (SSSR count). The number of nitrogens with zero attached hydrogens (tertiary/aromatic N) is 1.